The van der Waals surface area contributed by atoms with E-state index in [1.165, 1.54) is 29.3 Å². The summed E-state index contributed by atoms with van der Waals surface area (Å²) in [5, 5.41) is 5.54. The SMILES string of the molecule is C=CC(F)(F)c1c(C(=O)NC2=CC=C(C(C)C3CCCN(C(=O)Nc4ccccc4F)CC3)C(C)C(C)=C2)oc(CCC2CCC(c3cccc(F)c3)C2)[n+]1C. The van der Waals surface area contributed by atoms with Crippen molar-refractivity contribution in [1.82, 2.24) is 10.2 Å². The van der Waals surface area contributed by atoms with Gasteiger partial charge in [0.25, 0.3) is 11.7 Å². The number of aromatic nitrogens is 1. The van der Waals surface area contributed by atoms with E-state index in [0.717, 1.165) is 49.7 Å². The van der Waals surface area contributed by atoms with Gasteiger partial charge in [-0.05, 0) is 130 Å². The second-order valence-electron chi connectivity index (χ2n) is 15.8. The Balaban J connectivity index is 1.13. The molecule has 0 spiro atoms. The number of carbonyl (C=O) groups excluding carboxylic acids is 2. The third-order valence-corrected chi connectivity index (χ3v) is 12.2. The molecule has 5 unspecified atom stereocenters. The average molecular weight is 774 g/mol. The Bertz CT molecular complexity index is 2030. The highest BCUT2D eigenvalue weighted by Crippen LogP contribution is 2.41. The molecule has 3 amide bonds. The number of para-hydroxylation sites is 1. The van der Waals surface area contributed by atoms with Gasteiger partial charge in [0, 0.05) is 18.8 Å². The van der Waals surface area contributed by atoms with Crippen molar-refractivity contribution >= 4 is 17.6 Å². The van der Waals surface area contributed by atoms with E-state index in [4.69, 9.17) is 4.42 Å². The lowest BCUT2D eigenvalue weighted by atomic mass is 9.76. The largest absolute Gasteiger partial charge is 0.395 e. The van der Waals surface area contributed by atoms with Crippen molar-refractivity contribution < 1.29 is 36.1 Å². The molecule has 11 heteroatoms. The quantitative estimate of drug-likeness (QED) is 0.116. The summed E-state index contributed by atoms with van der Waals surface area (Å²) in [7, 11) is 1.49. The normalized spacial score (nSPS) is 22.3. The number of alkyl halides is 2. The Morgan fingerprint density at radius 2 is 1.84 bits per heavy atom. The number of urea groups is 1. The number of amides is 3. The molecule has 1 aromatic heterocycles. The second kappa shape index (κ2) is 17.5. The molecule has 3 aromatic rings. The van der Waals surface area contributed by atoms with Crippen molar-refractivity contribution in [2.75, 3.05) is 18.4 Å². The maximum absolute atomic E-state index is 15.4. The third kappa shape index (κ3) is 9.19. The standard InChI is InChI=1S/C45H52F4N4O3/c1-6-45(48,49)42-41(56-40(52(42)5)21-17-31-16-18-34(26-31)33-11-9-13-35(46)27-33)43(54)50-36-19-20-37(29(3)28(2)25-36)30(4)32-12-10-23-53(24-22-32)44(55)51-39-15-8-7-14-38(39)47/h6-9,11,13-15,19-20,25,27,29-32,34H,1,10,12,16-18,21-24,26H2,2-5H3,(H-,50,51,54,55)/p+1. The van der Waals surface area contributed by atoms with Crippen molar-refractivity contribution in [3.05, 3.63) is 131 Å². The van der Waals surface area contributed by atoms with E-state index >= 15 is 8.78 Å². The Hall–Kier alpha value is -4.93. The molecule has 56 heavy (non-hydrogen) atoms. The molecule has 1 aliphatic heterocycles. The molecule has 2 fully saturated rings. The van der Waals surface area contributed by atoms with E-state index < -0.39 is 29.1 Å². The summed E-state index contributed by atoms with van der Waals surface area (Å²) in [6.45, 7) is 10.7. The number of aryl methyl sites for hydroxylation is 1. The van der Waals surface area contributed by atoms with Gasteiger partial charge in [-0.2, -0.15) is 13.3 Å². The zero-order valence-corrected chi connectivity index (χ0v) is 32.7. The van der Waals surface area contributed by atoms with Gasteiger partial charge in [-0.15, -0.1) is 0 Å². The first-order valence-corrected chi connectivity index (χ1v) is 19.8. The minimum Gasteiger partial charge on any atom is -0.395 e. The van der Waals surface area contributed by atoms with E-state index in [2.05, 4.69) is 31.1 Å². The number of hydrogen-bond acceptors (Lipinski definition) is 3. The first-order valence-electron chi connectivity index (χ1n) is 19.8. The summed E-state index contributed by atoms with van der Waals surface area (Å²) < 4.78 is 66.1. The van der Waals surface area contributed by atoms with Crippen LogP contribution in [0.15, 0.2) is 101 Å². The molecular formula is C45H53F4N4O3+. The molecule has 6 rings (SSSR count). The van der Waals surface area contributed by atoms with E-state index in [9.17, 15) is 18.4 Å². The number of carbonyl (C=O) groups is 2. The lowest BCUT2D eigenvalue weighted by molar-refractivity contribution is -0.696. The number of benzene rings is 2. The van der Waals surface area contributed by atoms with Crippen molar-refractivity contribution in [1.29, 1.82) is 0 Å². The van der Waals surface area contributed by atoms with Gasteiger partial charge in [-0.25, -0.2) is 13.6 Å². The summed E-state index contributed by atoms with van der Waals surface area (Å²) in [6.07, 6.45) is 12.5. The highest BCUT2D eigenvalue weighted by Gasteiger charge is 2.47. The van der Waals surface area contributed by atoms with Crippen LogP contribution < -0.4 is 15.2 Å². The van der Waals surface area contributed by atoms with Crippen molar-refractivity contribution in [2.45, 2.75) is 84.0 Å². The maximum Gasteiger partial charge on any atom is 0.352 e. The molecule has 0 radical (unpaired) electrons. The summed E-state index contributed by atoms with van der Waals surface area (Å²) in [4.78, 5) is 28.6. The van der Waals surface area contributed by atoms with E-state index in [0.29, 0.717) is 43.6 Å². The number of oxazole rings is 1. The van der Waals surface area contributed by atoms with Gasteiger partial charge in [-0.1, -0.05) is 61.9 Å². The third-order valence-electron chi connectivity index (χ3n) is 12.2. The molecule has 1 saturated carbocycles. The molecule has 2 aromatic carbocycles. The fourth-order valence-electron chi connectivity index (χ4n) is 8.76. The highest BCUT2D eigenvalue weighted by molar-refractivity contribution is 5.94. The van der Waals surface area contributed by atoms with E-state index in [1.54, 1.807) is 35.2 Å². The lowest BCUT2D eigenvalue weighted by Crippen LogP contribution is -2.41. The minimum atomic E-state index is -3.52. The van der Waals surface area contributed by atoms with Crippen molar-refractivity contribution in [2.24, 2.45) is 30.7 Å². The topological polar surface area (TPSA) is 78.5 Å². The van der Waals surface area contributed by atoms with Gasteiger partial charge in [0.15, 0.2) is 0 Å². The summed E-state index contributed by atoms with van der Waals surface area (Å²) >= 11 is 0. The Labute approximate surface area is 327 Å². The van der Waals surface area contributed by atoms with Crippen LogP contribution in [0.1, 0.15) is 99.3 Å². The first-order chi connectivity index (χ1) is 26.7. The van der Waals surface area contributed by atoms with Crippen LogP contribution in [0.25, 0.3) is 0 Å². The van der Waals surface area contributed by atoms with Gasteiger partial charge in [-0.3, -0.25) is 4.79 Å². The molecule has 298 valence electrons. The number of hydrogen-bond donors (Lipinski definition) is 2. The van der Waals surface area contributed by atoms with Gasteiger partial charge in [0.05, 0.1) is 12.1 Å². The average Bonchev–Trinajstić information content (AvgIpc) is 3.65. The van der Waals surface area contributed by atoms with Gasteiger partial charge < -0.3 is 20.0 Å². The maximum atomic E-state index is 15.4. The van der Waals surface area contributed by atoms with Crippen LogP contribution in [0, 0.1) is 35.3 Å². The monoisotopic (exact) mass is 773 g/mol. The molecule has 5 atom stereocenters. The minimum absolute atomic E-state index is 0.0455. The van der Waals surface area contributed by atoms with Crippen LogP contribution in [-0.2, 0) is 19.4 Å². The Morgan fingerprint density at radius 3 is 2.59 bits per heavy atom. The van der Waals surface area contributed by atoms with Crippen molar-refractivity contribution in [3.8, 4) is 0 Å². The Kier molecular flexibility index (Phi) is 12.7. The highest BCUT2D eigenvalue weighted by atomic mass is 19.3. The summed E-state index contributed by atoms with van der Waals surface area (Å²) in [5.41, 5.74) is 3.22. The number of nitrogens with one attached hydrogen (secondary N) is 2. The molecule has 3 aliphatic rings. The van der Waals surface area contributed by atoms with E-state index in [1.807, 2.05) is 31.2 Å². The molecule has 2 heterocycles. The lowest BCUT2D eigenvalue weighted by Gasteiger charge is -2.29. The fraction of sp³-hybridized carbons (Fsp3) is 0.444. The molecule has 2 aliphatic carbocycles. The van der Waals surface area contributed by atoms with E-state index in [-0.39, 0.29) is 47.1 Å². The van der Waals surface area contributed by atoms with Crippen molar-refractivity contribution in [3.63, 3.8) is 0 Å². The van der Waals surface area contributed by atoms with Crippen LogP contribution in [0.5, 0.6) is 0 Å². The van der Waals surface area contributed by atoms with Gasteiger partial charge in [0.1, 0.15) is 18.7 Å². The fourth-order valence-corrected chi connectivity index (χ4v) is 8.76. The van der Waals surface area contributed by atoms with Crippen LogP contribution >= 0.6 is 0 Å². The molecule has 2 N–H and O–H groups in total. The van der Waals surface area contributed by atoms with Gasteiger partial charge in [0.2, 0.25) is 0 Å². The zero-order valence-electron chi connectivity index (χ0n) is 32.7. The van der Waals surface area contributed by atoms with Crippen LogP contribution in [0.4, 0.5) is 28.0 Å². The predicted molar refractivity (Wildman–Crippen MR) is 209 cm³/mol. The van der Waals surface area contributed by atoms with Crippen LogP contribution in [0.3, 0.4) is 0 Å². The first kappa shape index (κ1) is 40.7. The van der Waals surface area contributed by atoms with Crippen LogP contribution in [0.2, 0.25) is 0 Å². The second-order valence-corrected chi connectivity index (χ2v) is 15.8. The number of halogens is 4. The summed E-state index contributed by atoms with van der Waals surface area (Å²) in [6, 6.07) is 12.5. The number of rotatable bonds is 11. The Morgan fingerprint density at radius 1 is 1.05 bits per heavy atom. The molecular weight excluding hydrogens is 721 g/mol. The molecule has 0 bridgehead atoms. The zero-order chi connectivity index (χ0) is 40.1. The number of anilines is 1. The van der Waals surface area contributed by atoms with Gasteiger partial charge >= 0.3 is 23.5 Å². The summed E-state index contributed by atoms with van der Waals surface area (Å²) in [5.74, 6) is -4.17. The number of likely N-dealkylation sites (tertiary alicyclic amines) is 1. The number of nitrogens with zero attached hydrogens (tertiary/aromatic N) is 2. The molecule has 1 saturated heterocycles. The van der Waals surface area contributed by atoms with Crippen LogP contribution in [-0.4, -0.2) is 29.9 Å². The number of allylic oxidation sites excluding steroid dienone is 6. The predicted octanol–water partition coefficient (Wildman–Crippen LogP) is 10.3. The smallest absolute Gasteiger partial charge is 0.352 e. The molecule has 7 nitrogen and oxygen atoms in total.